The summed E-state index contributed by atoms with van der Waals surface area (Å²) in [5.74, 6) is 0.480. The first-order valence-electron chi connectivity index (χ1n) is 7.35. The lowest BCUT2D eigenvalue weighted by Crippen LogP contribution is -2.46. The Kier molecular flexibility index (Phi) is 4.31. The van der Waals surface area contributed by atoms with Crippen molar-refractivity contribution in [2.75, 3.05) is 20.2 Å². The highest BCUT2D eigenvalue weighted by molar-refractivity contribution is 6.42. The van der Waals surface area contributed by atoms with E-state index in [1.54, 1.807) is 30.2 Å². The van der Waals surface area contributed by atoms with Gasteiger partial charge in [-0.15, -0.1) is 0 Å². The highest BCUT2D eigenvalue weighted by Gasteiger charge is 2.42. The van der Waals surface area contributed by atoms with E-state index in [0.717, 1.165) is 11.3 Å². The van der Waals surface area contributed by atoms with Gasteiger partial charge in [0.05, 0.1) is 23.6 Å². The number of nitrogens with zero attached hydrogens (tertiary/aromatic N) is 1. The molecule has 1 unspecified atom stereocenters. The molecule has 2 aliphatic heterocycles. The molecule has 7 heteroatoms. The smallest absolute Gasteiger partial charge is 0.230 e. The van der Waals surface area contributed by atoms with Crippen LogP contribution in [-0.2, 0) is 4.79 Å². The molecular weight excluding hydrogens is 339 g/mol. The predicted molar refractivity (Wildman–Crippen MR) is 88.8 cm³/mol. The number of rotatable bonds is 3. The third kappa shape index (κ3) is 2.83. The molecule has 0 bridgehead atoms. The lowest BCUT2D eigenvalue weighted by molar-refractivity contribution is -0.133. The molecule has 0 radical (unpaired) electrons. The minimum absolute atomic E-state index is 0.000132. The summed E-state index contributed by atoms with van der Waals surface area (Å²) in [6.45, 7) is 0.504. The summed E-state index contributed by atoms with van der Waals surface area (Å²) < 4.78 is 5.40. The average molecular weight is 357 g/mol. The Morgan fingerprint density at radius 1 is 1.48 bits per heavy atom. The number of hydrogen-bond acceptors (Lipinski definition) is 4. The maximum Gasteiger partial charge on any atom is 0.230 e. The van der Waals surface area contributed by atoms with E-state index in [4.69, 9.17) is 33.7 Å². The van der Waals surface area contributed by atoms with Crippen molar-refractivity contribution in [2.24, 2.45) is 5.73 Å². The first-order valence-corrected chi connectivity index (χ1v) is 8.10. The number of ether oxygens (including phenoxy) is 1. The van der Waals surface area contributed by atoms with Crippen molar-refractivity contribution in [3.63, 3.8) is 0 Å². The second-order valence-electron chi connectivity index (χ2n) is 6.00. The Hall–Kier alpha value is -1.27. The fourth-order valence-corrected chi connectivity index (χ4v) is 3.79. The zero-order valence-electron chi connectivity index (χ0n) is 12.7. The summed E-state index contributed by atoms with van der Waals surface area (Å²) >= 11 is 12.5. The quantitative estimate of drug-likeness (QED) is 0.871. The largest absolute Gasteiger partial charge is 0.496 e. The first kappa shape index (κ1) is 16.6. The number of hydrogen-bond donors (Lipinski definition) is 2. The van der Waals surface area contributed by atoms with E-state index in [1.807, 2.05) is 0 Å². The number of methoxy groups -OCH3 is 1. The van der Waals surface area contributed by atoms with Crippen LogP contribution in [0.1, 0.15) is 24.3 Å². The molecule has 1 amide bonds. The number of benzene rings is 1. The van der Waals surface area contributed by atoms with Crippen molar-refractivity contribution in [1.29, 1.82) is 0 Å². The number of fused-ring (bicyclic) bond motifs is 1. The van der Waals surface area contributed by atoms with E-state index in [9.17, 15) is 9.90 Å². The van der Waals surface area contributed by atoms with Gasteiger partial charge in [-0.2, -0.15) is 0 Å². The van der Waals surface area contributed by atoms with E-state index in [1.165, 1.54) is 0 Å². The summed E-state index contributed by atoms with van der Waals surface area (Å²) in [4.78, 5) is 14.0. The number of allylic oxidation sites excluding steroid dienone is 1. The lowest BCUT2D eigenvalue weighted by Gasteiger charge is -2.32. The number of halogens is 2. The van der Waals surface area contributed by atoms with E-state index in [-0.39, 0.29) is 24.8 Å². The summed E-state index contributed by atoms with van der Waals surface area (Å²) in [6.07, 6.45) is 2.27. The molecule has 3 N–H and O–H groups in total. The maximum atomic E-state index is 12.3. The second kappa shape index (κ2) is 5.98. The van der Waals surface area contributed by atoms with Gasteiger partial charge in [-0.1, -0.05) is 23.2 Å². The molecule has 2 heterocycles. The molecule has 0 saturated carbocycles. The van der Waals surface area contributed by atoms with E-state index in [2.05, 4.69) is 0 Å². The normalized spacial score (nSPS) is 27.0. The molecule has 3 rings (SSSR count). The van der Waals surface area contributed by atoms with Gasteiger partial charge >= 0.3 is 0 Å². The molecule has 1 aromatic rings. The zero-order chi connectivity index (χ0) is 16.8. The lowest BCUT2D eigenvalue weighted by atomic mass is 9.92. The fraction of sp³-hybridized carbons (Fsp3) is 0.438. The van der Waals surface area contributed by atoms with Crippen LogP contribution in [0, 0.1) is 0 Å². The van der Waals surface area contributed by atoms with Crippen molar-refractivity contribution in [3.8, 4) is 5.75 Å². The van der Waals surface area contributed by atoms with Gasteiger partial charge in [0, 0.05) is 30.3 Å². The molecule has 0 aliphatic carbocycles. The van der Waals surface area contributed by atoms with Crippen LogP contribution in [0.15, 0.2) is 23.9 Å². The van der Waals surface area contributed by atoms with E-state index < -0.39 is 5.60 Å². The Morgan fingerprint density at radius 2 is 2.22 bits per heavy atom. The highest BCUT2D eigenvalue weighted by atomic mass is 35.5. The van der Waals surface area contributed by atoms with Crippen molar-refractivity contribution < 1.29 is 14.6 Å². The SMILES string of the molecule is COc1ccc(Cl)c(Cl)c1[C@H]1CC2=CC(O)(CN)CC(=O)N2C1. The van der Waals surface area contributed by atoms with Crippen LogP contribution in [0.3, 0.4) is 0 Å². The number of aliphatic hydroxyl groups is 1. The Morgan fingerprint density at radius 3 is 2.87 bits per heavy atom. The third-order valence-electron chi connectivity index (χ3n) is 4.47. The van der Waals surface area contributed by atoms with Crippen LogP contribution in [0.2, 0.25) is 10.0 Å². The summed E-state index contributed by atoms with van der Waals surface area (Å²) in [5.41, 5.74) is 5.90. The van der Waals surface area contributed by atoms with E-state index in [0.29, 0.717) is 28.8 Å². The fourth-order valence-electron chi connectivity index (χ4n) is 3.31. The molecule has 2 aliphatic rings. The van der Waals surface area contributed by atoms with Crippen LogP contribution < -0.4 is 10.5 Å². The van der Waals surface area contributed by atoms with Crippen molar-refractivity contribution >= 4 is 29.1 Å². The molecule has 2 atom stereocenters. The monoisotopic (exact) mass is 356 g/mol. The van der Waals surface area contributed by atoms with Gasteiger partial charge in [0.2, 0.25) is 5.91 Å². The van der Waals surface area contributed by atoms with Gasteiger partial charge in [-0.05, 0) is 24.6 Å². The molecule has 124 valence electrons. The van der Waals surface area contributed by atoms with Gasteiger partial charge in [0.25, 0.3) is 0 Å². The Labute approximate surface area is 144 Å². The number of nitrogens with two attached hydrogens (primary N) is 1. The second-order valence-corrected chi connectivity index (χ2v) is 6.79. The van der Waals surface area contributed by atoms with Crippen molar-refractivity contribution in [1.82, 2.24) is 4.90 Å². The van der Waals surface area contributed by atoms with Crippen molar-refractivity contribution in [2.45, 2.75) is 24.4 Å². The molecule has 0 aromatic heterocycles. The van der Waals surface area contributed by atoms with Crippen LogP contribution in [0.25, 0.3) is 0 Å². The molecule has 23 heavy (non-hydrogen) atoms. The first-order chi connectivity index (χ1) is 10.9. The summed E-state index contributed by atoms with van der Waals surface area (Å²) in [6, 6.07) is 3.46. The van der Waals surface area contributed by atoms with Gasteiger partial charge in [0.1, 0.15) is 11.4 Å². The summed E-state index contributed by atoms with van der Waals surface area (Å²) in [7, 11) is 1.57. The zero-order valence-corrected chi connectivity index (χ0v) is 14.2. The molecule has 5 nitrogen and oxygen atoms in total. The van der Waals surface area contributed by atoms with Gasteiger partial charge in [0.15, 0.2) is 0 Å². The summed E-state index contributed by atoms with van der Waals surface area (Å²) in [5, 5.41) is 11.2. The van der Waals surface area contributed by atoms with Gasteiger partial charge in [-0.3, -0.25) is 4.79 Å². The van der Waals surface area contributed by atoms with E-state index >= 15 is 0 Å². The van der Waals surface area contributed by atoms with Crippen molar-refractivity contribution in [3.05, 3.63) is 39.5 Å². The van der Waals surface area contributed by atoms with Crippen LogP contribution in [-0.4, -0.2) is 41.7 Å². The van der Waals surface area contributed by atoms with Crippen LogP contribution in [0.5, 0.6) is 5.75 Å². The third-order valence-corrected chi connectivity index (χ3v) is 5.29. The minimum Gasteiger partial charge on any atom is -0.496 e. The Balaban J connectivity index is 1.99. The molecule has 1 fully saturated rings. The molecule has 0 spiro atoms. The van der Waals surface area contributed by atoms with Gasteiger partial charge in [-0.25, -0.2) is 0 Å². The van der Waals surface area contributed by atoms with Crippen LogP contribution in [0.4, 0.5) is 0 Å². The minimum atomic E-state index is -1.26. The predicted octanol–water partition coefficient (Wildman–Crippen LogP) is 2.30. The van der Waals surface area contributed by atoms with Crippen LogP contribution >= 0.6 is 23.2 Å². The van der Waals surface area contributed by atoms with Gasteiger partial charge < -0.3 is 20.5 Å². The number of carbonyl (C=O) groups excluding carboxylic acids is 1. The topological polar surface area (TPSA) is 75.8 Å². The molecular formula is C16H18Cl2N2O3. The molecule has 1 saturated heterocycles. The average Bonchev–Trinajstić information content (AvgIpc) is 2.93. The Bertz CT molecular complexity index is 692. The number of amides is 1. The highest BCUT2D eigenvalue weighted by Crippen LogP contribution is 2.46. The maximum absolute atomic E-state index is 12.3. The number of carbonyl (C=O) groups is 1. The standard InChI is InChI=1S/C16H18Cl2N2O3/c1-23-12-3-2-11(17)15(18)14(12)9-4-10-5-16(22,8-19)6-13(21)20(10)7-9/h2-3,5,9,22H,4,6-8,19H2,1H3/t9-,16?/m0/s1. The molecule has 1 aromatic carbocycles.